The molecule has 1 amide bonds. The molecular weight excluding hydrogens is 216 g/mol. The number of carbonyl (C=O) groups is 1. The van der Waals surface area contributed by atoms with E-state index in [-0.39, 0.29) is 11.8 Å². The zero-order chi connectivity index (χ0) is 11.5. The lowest BCUT2D eigenvalue weighted by Gasteiger charge is -2.27. The van der Waals surface area contributed by atoms with Crippen LogP contribution in [0.4, 0.5) is 0 Å². The van der Waals surface area contributed by atoms with E-state index in [1.165, 1.54) is 7.05 Å². The number of hydrogen-bond acceptors (Lipinski definition) is 4. The quantitative estimate of drug-likeness (QED) is 0.780. The zero-order valence-electron chi connectivity index (χ0n) is 8.99. The lowest BCUT2D eigenvalue weighted by atomic mass is 9.84. The number of amides is 1. The molecule has 1 aliphatic carbocycles. The highest BCUT2D eigenvalue weighted by molar-refractivity contribution is 7.61. The van der Waals surface area contributed by atoms with Gasteiger partial charge in [0.15, 0.2) is 5.54 Å². The minimum atomic E-state index is -2.54. The largest absolute Gasteiger partial charge is 0.357 e. The maximum absolute atomic E-state index is 11.7. The highest BCUT2D eigenvalue weighted by Crippen LogP contribution is 2.36. The van der Waals surface area contributed by atoms with Crippen LogP contribution in [0.15, 0.2) is 4.36 Å². The molecule has 0 heterocycles. The van der Waals surface area contributed by atoms with Gasteiger partial charge in [0.2, 0.25) is 5.91 Å². The lowest BCUT2D eigenvalue weighted by Crippen LogP contribution is -2.46. The molecule has 0 aromatic carbocycles. The minimum absolute atomic E-state index is 0.0374. The monoisotopic (exact) mass is 232 g/mol. The van der Waals surface area contributed by atoms with E-state index < -0.39 is 16.0 Å². The first-order valence-electron chi connectivity index (χ1n) is 5.05. The van der Waals surface area contributed by atoms with Gasteiger partial charge in [-0.2, -0.15) is 12.8 Å². The van der Waals surface area contributed by atoms with E-state index in [9.17, 15) is 13.2 Å². The smallest absolute Gasteiger partial charge is 0.312 e. The Kier molecular flexibility index (Phi) is 3.84. The van der Waals surface area contributed by atoms with Gasteiger partial charge in [-0.25, -0.2) is 0 Å². The molecule has 5 nitrogen and oxygen atoms in total. The molecule has 1 aliphatic rings. The molecule has 86 valence electrons. The number of rotatable bonds is 3. The number of nitrogens with zero attached hydrogens (tertiary/aromatic N) is 1. The zero-order valence-corrected chi connectivity index (χ0v) is 9.80. The van der Waals surface area contributed by atoms with E-state index in [4.69, 9.17) is 0 Å². The lowest BCUT2D eigenvalue weighted by molar-refractivity contribution is -0.126. The first-order chi connectivity index (χ1) is 7.00. The van der Waals surface area contributed by atoms with Crippen molar-refractivity contribution in [3.8, 4) is 0 Å². The Morgan fingerprint density at radius 3 is 2.33 bits per heavy atom. The van der Waals surface area contributed by atoms with Crippen molar-refractivity contribution in [3.63, 3.8) is 0 Å². The molecule has 15 heavy (non-hydrogen) atoms. The first kappa shape index (κ1) is 12.2. The van der Waals surface area contributed by atoms with Gasteiger partial charge in [0.1, 0.15) is 0 Å². The number of carbonyl (C=O) groups excluding carboxylic acids is 1. The average molecular weight is 232 g/mol. The Labute approximate surface area is 91.0 Å². The third-order valence-electron chi connectivity index (χ3n) is 3.10. The van der Waals surface area contributed by atoms with Crippen molar-refractivity contribution < 1.29 is 13.2 Å². The maximum atomic E-state index is 11.7. The van der Waals surface area contributed by atoms with E-state index in [0.717, 1.165) is 25.7 Å². The van der Waals surface area contributed by atoms with E-state index in [1.54, 1.807) is 6.92 Å². The molecule has 1 saturated carbocycles. The summed E-state index contributed by atoms with van der Waals surface area (Å²) in [5, 5.41) is 2.48. The molecule has 1 rings (SSSR count). The maximum Gasteiger partial charge on any atom is 0.312 e. The molecular formula is C9H16N2O3S. The first-order valence-corrected chi connectivity index (χ1v) is 6.08. The number of hydrogen-bond donors (Lipinski definition) is 1. The van der Waals surface area contributed by atoms with Gasteiger partial charge < -0.3 is 5.32 Å². The summed E-state index contributed by atoms with van der Waals surface area (Å²) in [6.07, 6.45) is 3.81. The van der Waals surface area contributed by atoms with Gasteiger partial charge in [0.05, 0.1) is 0 Å². The Bertz CT molecular complexity index is 363. The molecule has 0 bridgehead atoms. The topological polar surface area (TPSA) is 75.6 Å². The van der Waals surface area contributed by atoms with E-state index in [2.05, 4.69) is 9.68 Å². The van der Waals surface area contributed by atoms with Crippen molar-refractivity contribution in [3.05, 3.63) is 0 Å². The van der Waals surface area contributed by atoms with Gasteiger partial charge in [-0.05, 0) is 25.7 Å². The van der Waals surface area contributed by atoms with Crippen LogP contribution in [0.25, 0.3) is 0 Å². The fourth-order valence-electron chi connectivity index (χ4n) is 2.20. The third-order valence-corrected chi connectivity index (χ3v) is 3.63. The van der Waals surface area contributed by atoms with Gasteiger partial charge in [-0.1, -0.05) is 12.8 Å². The highest BCUT2D eigenvalue weighted by Gasteiger charge is 2.42. The van der Waals surface area contributed by atoms with Crippen LogP contribution in [-0.4, -0.2) is 26.9 Å². The summed E-state index contributed by atoms with van der Waals surface area (Å²) in [4.78, 5) is 11.7. The molecule has 1 N–H and O–H groups in total. The summed E-state index contributed by atoms with van der Waals surface area (Å²) in [5.41, 5.74) is -1.13. The molecule has 0 radical (unpaired) electrons. The highest BCUT2D eigenvalue weighted by atomic mass is 32.2. The fraction of sp³-hybridized carbons (Fsp3) is 0.889. The second-order valence-electron chi connectivity index (χ2n) is 4.02. The number of likely N-dealkylation sites (N-methyl/N-ethyl adjacent to an activating group) is 1. The van der Waals surface area contributed by atoms with Crippen molar-refractivity contribution in [1.82, 2.24) is 5.32 Å². The Morgan fingerprint density at radius 1 is 1.40 bits per heavy atom. The van der Waals surface area contributed by atoms with Crippen LogP contribution in [0.3, 0.4) is 0 Å². The predicted molar refractivity (Wildman–Crippen MR) is 55.8 cm³/mol. The molecule has 1 unspecified atom stereocenters. The van der Waals surface area contributed by atoms with Gasteiger partial charge in [-0.15, -0.1) is 0 Å². The van der Waals surface area contributed by atoms with E-state index in [0.29, 0.717) is 0 Å². The van der Waals surface area contributed by atoms with Crippen molar-refractivity contribution in [1.29, 1.82) is 0 Å². The van der Waals surface area contributed by atoms with Crippen LogP contribution < -0.4 is 5.32 Å². The van der Waals surface area contributed by atoms with Crippen molar-refractivity contribution in [2.75, 3.05) is 7.05 Å². The summed E-state index contributed by atoms with van der Waals surface area (Å²) in [5.74, 6) is -0.283. The van der Waals surface area contributed by atoms with Gasteiger partial charge in [0.25, 0.3) is 0 Å². The van der Waals surface area contributed by atoms with Crippen molar-refractivity contribution in [2.45, 2.75) is 38.1 Å². The van der Waals surface area contributed by atoms with Crippen LogP contribution in [0.2, 0.25) is 0 Å². The van der Waals surface area contributed by atoms with Crippen LogP contribution >= 0.6 is 0 Å². The summed E-state index contributed by atoms with van der Waals surface area (Å²) >= 11 is 0. The van der Waals surface area contributed by atoms with Gasteiger partial charge in [0, 0.05) is 7.05 Å². The van der Waals surface area contributed by atoms with E-state index >= 15 is 0 Å². The van der Waals surface area contributed by atoms with Crippen LogP contribution in [0, 0.1) is 5.92 Å². The average Bonchev–Trinajstić information content (AvgIpc) is 2.68. The Hall–Kier alpha value is -0.910. The third kappa shape index (κ3) is 2.56. The summed E-state index contributed by atoms with van der Waals surface area (Å²) in [7, 11) is -1.04. The molecule has 0 aliphatic heterocycles. The van der Waals surface area contributed by atoms with Crippen LogP contribution in [0.5, 0.6) is 0 Å². The summed E-state index contributed by atoms with van der Waals surface area (Å²) in [6, 6.07) is 0. The van der Waals surface area contributed by atoms with Crippen LogP contribution in [-0.2, 0) is 15.3 Å². The molecule has 0 aromatic heterocycles. The van der Waals surface area contributed by atoms with Crippen molar-refractivity contribution in [2.24, 2.45) is 10.3 Å². The summed E-state index contributed by atoms with van der Waals surface area (Å²) in [6.45, 7) is 1.59. The molecule has 1 atom stereocenters. The number of nitrogens with one attached hydrogen (secondary N) is 1. The van der Waals surface area contributed by atoms with Crippen molar-refractivity contribution >= 4 is 16.4 Å². The van der Waals surface area contributed by atoms with Crippen LogP contribution in [0.1, 0.15) is 32.6 Å². The standard InChI is InChI=1S/C9H16N2O3S/c1-9(8(12)10-2,11-15(13)14)7-5-3-4-6-7/h7H,3-6H2,1-2H3,(H,10,12). The Morgan fingerprint density at radius 2 is 1.93 bits per heavy atom. The Balaban J connectivity index is 3.04. The van der Waals surface area contributed by atoms with Gasteiger partial charge >= 0.3 is 10.5 Å². The second-order valence-corrected chi connectivity index (χ2v) is 4.63. The second kappa shape index (κ2) is 4.74. The SMILES string of the molecule is CNC(=O)C(C)(N=S(=O)=O)C1CCCC1. The fourth-order valence-corrected chi connectivity index (χ4v) is 2.74. The molecule has 0 aromatic rings. The summed E-state index contributed by atoms with van der Waals surface area (Å²) < 4.78 is 24.9. The normalized spacial score (nSPS) is 20.7. The molecule has 0 saturated heterocycles. The predicted octanol–water partition coefficient (Wildman–Crippen LogP) is 0.744. The van der Waals surface area contributed by atoms with Gasteiger partial charge in [-0.3, -0.25) is 4.79 Å². The van der Waals surface area contributed by atoms with E-state index in [1.807, 2.05) is 0 Å². The molecule has 6 heteroatoms. The molecule has 0 spiro atoms. The molecule has 1 fully saturated rings. The minimum Gasteiger partial charge on any atom is -0.357 e.